The lowest BCUT2D eigenvalue weighted by Gasteiger charge is -2.14. The fourth-order valence-electron chi connectivity index (χ4n) is 3.40. The van der Waals surface area contributed by atoms with Crippen LogP contribution in [0.15, 0.2) is 72.3 Å². The molecule has 0 saturated carbocycles. The predicted octanol–water partition coefficient (Wildman–Crippen LogP) is 4.44. The lowest BCUT2D eigenvalue weighted by molar-refractivity contribution is -0.118. The van der Waals surface area contributed by atoms with Crippen molar-refractivity contribution >= 4 is 35.2 Å². The molecule has 0 unspecified atom stereocenters. The molecule has 0 atom stereocenters. The third kappa shape index (κ3) is 7.84. The van der Waals surface area contributed by atoms with Gasteiger partial charge in [0, 0.05) is 5.69 Å². The standard InChI is InChI=1S/C29H27N3O7/c1-4-38-26-16-19(9-14-25(26)39-18-27(33)32-23-7-5-6-8-24(23)36-2)15-21(17-30)28(34)31-22-12-10-20(11-13-22)29(35)37-3/h5-16H,4,18H2,1-3H3,(H,31,34)(H,32,33)/b21-15-. The molecule has 3 rings (SSSR count). The molecule has 0 heterocycles. The first-order valence-corrected chi connectivity index (χ1v) is 11.8. The lowest BCUT2D eigenvalue weighted by Crippen LogP contribution is -2.20. The average molecular weight is 530 g/mol. The molecule has 2 N–H and O–H groups in total. The van der Waals surface area contributed by atoms with Gasteiger partial charge in [0.1, 0.15) is 17.4 Å². The van der Waals surface area contributed by atoms with Crippen molar-refractivity contribution in [3.05, 3.63) is 83.4 Å². The lowest BCUT2D eigenvalue weighted by atomic mass is 10.1. The molecule has 10 nitrogen and oxygen atoms in total. The highest BCUT2D eigenvalue weighted by Crippen LogP contribution is 2.30. The zero-order valence-electron chi connectivity index (χ0n) is 21.6. The van der Waals surface area contributed by atoms with E-state index in [1.807, 2.05) is 6.07 Å². The fraction of sp³-hybridized carbons (Fsp3) is 0.172. The zero-order chi connectivity index (χ0) is 28.2. The summed E-state index contributed by atoms with van der Waals surface area (Å²) in [7, 11) is 2.79. The maximum Gasteiger partial charge on any atom is 0.337 e. The Hall–Kier alpha value is -5.30. The second-order valence-electron chi connectivity index (χ2n) is 7.87. The number of nitrogens with zero attached hydrogens (tertiary/aromatic N) is 1. The third-order valence-corrected chi connectivity index (χ3v) is 5.25. The Balaban J connectivity index is 1.70. The minimum atomic E-state index is -0.630. The van der Waals surface area contributed by atoms with Crippen molar-refractivity contribution in [2.75, 3.05) is 38.1 Å². The quantitative estimate of drug-likeness (QED) is 0.211. The van der Waals surface area contributed by atoms with Gasteiger partial charge in [-0.1, -0.05) is 18.2 Å². The van der Waals surface area contributed by atoms with Crippen molar-refractivity contribution in [3.8, 4) is 23.3 Å². The number of para-hydroxylation sites is 2. The maximum atomic E-state index is 12.7. The van der Waals surface area contributed by atoms with Crippen LogP contribution in [0.1, 0.15) is 22.8 Å². The Morgan fingerprint density at radius 1 is 0.897 bits per heavy atom. The molecule has 0 aliphatic rings. The van der Waals surface area contributed by atoms with Gasteiger partial charge in [-0.3, -0.25) is 9.59 Å². The third-order valence-electron chi connectivity index (χ3n) is 5.25. The van der Waals surface area contributed by atoms with Crippen molar-refractivity contribution < 1.29 is 33.3 Å². The number of carbonyl (C=O) groups excluding carboxylic acids is 3. The van der Waals surface area contributed by atoms with Crippen LogP contribution in [0.4, 0.5) is 11.4 Å². The Labute approximate surface area is 225 Å². The van der Waals surface area contributed by atoms with Crippen molar-refractivity contribution in [1.29, 1.82) is 5.26 Å². The van der Waals surface area contributed by atoms with Gasteiger partial charge in [0.25, 0.3) is 11.8 Å². The number of ether oxygens (including phenoxy) is 4. The first kappa shape index (κ1) is 28.3. The van der Waals surface area contributed by atoms with Gasteiger partial charge in [0.15, 0.2) is 18.1 Å². The van der Waals surface area contributed by atoms with E-state index in [1.54, 1.807) is 49.4 Å². The fourth-order valence-corrected chi connectivity index (χ4v) is 3.40. The van der Waals surface area contributed by atoms with Crippen molar-refractivity contribution in [1.82, 2.24) is 0 Å². The molecule has 200 valence electrons. The predicted molar refractivity (Wildman–Crippen MR) is 145 cm³/mol. The van der Waals surface area contributed by atoms with E-state index in [0.29, 0.717) is 46.4 Å². The van der Waals surface area contributed by atoms with Crippen molar-refractivity contribution in [2.45, 2.75) is 6.92 Å². The summed E-state index contributed by atoms with van der Waals surface area (Å²) in [5, 5.41) is 14.9. The Kier molecular flexibility index (Phi) is 10.0. The van der Waals surface area contributed by atoms with Gasteiger partial charge < -0.3 is 29.6 Å². The van der Waals surface area contributed by atoms with Crippen LogP contribution >= 0.6 is 0 Å². The Morgan fingerprint density at radius 2 is 1.64 bits per heavy atom. The summed E-state index contributed by atoms with van der Waals surface area (Å²) in [5.41, 5.74) is 1.60. The number of nitrogens with one attached hydrogen (secondary N) is 2. The number of benzene rings is 3. The van der Waals surface area contributed by atoms with E-state index < -0.39 is 17.8 Å². The minimum Gasteiger partial charge on any atom is -0.495 e. The first-order chi connectivity index (χ1) is 18.9. The van der Waals surface area contributed by atoms with Gasteiger partial charge in [0.05, 0.1) is 32.1 Å². The second-order valence-corrected chi connectivity index (χ2v) is 7.87. The summed E-state index contributed by atoms with van der Waals surface area (Å²) in [6.07, 6.45) is 1.40. The Bertz CT molecular complexity index is 1410. The van der Waals surface area contributed by atoms with E-state index in [9.17, 15) is 19.6 Å². The molecule has 0 fully saturated rings. The minimum absolute atomic E-state index is 0.153. The number of hydrogen-bond acceptors (Lipinski definition) is 8. The summed E-state index contributed by atoms with van der Waals surface area (Å²) in [4.78, 5) is 36.7. The molecular formula is C29H27N3O7. The molecule has 0 radical (unpaired) electrons. The summed E-state index contributed by atoms with van der Waals surface area (Å²) >= 11 is 0. The normalized spacial score (nSPS) is 10.6. The largest absolute Gasteiger partial charge is 0.495 e. The number of amides is 2. The van der Waals surface area contributed by atoms with Gasteiger partial charge in [0.2, 0.25) is 0 Å². The molecule has 0 bridgehead atoms. The van der Waals surface area contributed by atoms with E-state index in [2.05, 4.69) is 15.4 Å². The molecule has 0 aliphatic heterocycles. The van der Waals surface area contributed by atoms with E-state index in [1.165, 1.54) is 44.6 Å². The van der Waals surface area contributed by atoms with E-state index >= 15 is 0 Å². The van der Waals surface area contributed by atoms with Crippen LogP contribution in [0.3, 0.4) is 0 Å². The molecule has 39 heavy (non-hydrogen) atoms. The number of hydrogen-bond donors (Lipinski definition) is 2. The highest BCUT2D eigenvalue weighted by molar-refractivity contribution is 6.09. The monoisotopic (exact) mass is 529 g/mol. The van der Waals surface area contributed by atoms with E-state index in [4.69, 9.17) is 14.2 Å². The molecule has 0 spiro atoms. The summed E-state index contributed by atoms with van der Waals surface area (Å²) in [6, 6.07) is 19.8. The number of carbonyl (C=O) groups is 3. The average Bonchev–Trinajstić information content (AvgIpc) is 2.95. The highest BCUT2D eigenvalue weighted by Gasteiger charge is 2.14. The summed E-state index contributed by atoms with van der Waals surface area (Å²) in [5.74, 6) is -0.346. The number of nitriles is 1. The van der Waals surface area contributed by atoms with Crippen LogP contribution in [0, 0.1) is 11.3 Å². The summed E-state index contributed by atoms with van der Waals surface area (Å²) < 4.78 is 21.2. The van der Waals surface area contributed by atoms with Crippen molar-refractivity contribution in [2.24, 2.45) is 0 Å². The Morgan fingerprint density at radius 3 is 2.31 bits per heavy atom. The van der Waals surface area contributed by atoms with Gasteiger partial charge in [-0.25, -0.2) is 4.79 Å². The van der Waals surface area contributed by atoms with E-state index in [0.717, 1.165) is 0 Å². The van der Waals surface area contributed by atoms with Gasteiger partial charge in [-0.15, -0.1) is 0 Å². The maximum absolute atomic E-state index is 12.7. The molecular weight excluding hydrogens is 502 g/mol. The smallest absolute Gasteiger partial charge is 0.337 e. The van der Waals surface area contributed by atoms with Crippen molar-refractivity contribution in [3.63, 3.8) is 0 Å². The van der Waals surface area contributed by atoms with Crippen LogP contribution in [-0.4, -0.2) is 45.2 Å². The number of rotatable bonds is 11. The van der Waals surface area contributed by atoms with Crippen LogP contribution in [0.25, 0.3) is 6.08 Å². The van der Waals surface area contributed by atoms with Gasteiger partial charge in [-0.2, -0.15) is 5.26 Å². The van der Waals surface area contributed by atoms with Crippen LogP contribution in [0.2, 0.25) is 0 Å². The molecule has 0 saturated heterocycles. The molecule has 3 aromatic rings. The van der Waals surface area contributed by atoms with Crippen LogP contribution < -0.4 is 24.8 Å². The highest BCUT2D eigenvalue weighted by atomic mass is 16.5. The zero-order valence-corrected chi connectivity index (χ0v) is 21.6. The second kappa shape index (κ2) is 13.9. The first-order valence-electron chi connectivity index (χ1n) is 11.8. The molecule has 2 amide bonds. The molecule has 0 aliphatic carbocycles. The van der Waals surface area contributed by atoms with Crippen LogP contribution in [-0.2, 0) is 14.3 Å². The van der Waals surface area contributed by atoms with Crippen LogP contribution in [0.5, 0.6) is 17.2 Å². The SMILES string of the molecule is CCOc1cc(/C=C(/C#N)C(=O)Nc2ccc(C(=O)OC)cc2)ccc1OCC(=O)Nc1ccccc1OC. The van der Waals surface area contributed by atoms with Gasteiger partial charge in [-0.05, 0) is 67.1 Å². The number of esters is 1. The van der Waals surface area contributed by atoms with Gasteiger partial charge >= 0.3 is 5.97 Å². The topological polar surface area (TPSA) is 136 Å². The number of anilines is 2. The molecule has 0 aromatic heterocycles. The number of methoxy groups -OCH3 is 2. The molecule has 10 heteroatoms. The van der Waals surface area contributed by atoms with E-state index in [-0.39, 0.29) is 12.2 Å². The molecule has 3 aromatic carbocycles. The summed E-state index contributed by atoms with van der Waals surface area (Å²) in [6.45, 7) is 1.83.